The molecule has 23 heavy (non-hydrogen) atoms. The Labute approximate surface area is 141 Å². The maximum absolute atomic E-state index is 12.1. The van der Waals surface area contributed by atoms with Crippen LogP contribution >= 0.6 is 0 Å². The maximum Gasteiger partial charge on any atom is 0.410 e. The van der Waals surface area contributed by atoms with Crippen molar-refractivity contribution >= 4 is 6.09 Å². The topological polar surface area (TPSA) is 53.6 Å². The fourth-order valence-electron chi connectivity index (χ4n) is 3.41. The Morgan fingerprint density at radius 1 is 1.35 bits per heavy atom. The van der Waals surface area contributed by atoms with Gasteiger partial charge in [0.05, 0.1) is 0 Å². The van der Waals surface area contributed by atoms with E-state index >= 15 is 0 Å². The number of carbonyl (C=O) groups is 1. The summed E-state index contributed by atoms with van der Waals surface area (Å²) >= 11 is 0. The number of nitrogens with one attached hydrogen (secondary N) is 2. The standard InChI is InChI=1S/C18H35N3O2/c1-17(2,3)23-16(22)21-10-7-18(4,8-11-21)14-20-13-15-6-5-9-19-12-15/h15,19-20H,5-14H2,1-4H3. The minimum Gasteiger partial charge on any atom is -0.444 e. The molecule has 1 amide bonds. The van der Waals surface area contributed by atoms with Gasteiger partial charge < -0.3 is 20.3 Å². The average Bonchev–Trinajstić information content (AvgIpc) is 2.47. The number of likely N-dealkylation sites (tertiary alicyclic amines) is 1. The third-order valence-electron chi connectivity index (χ3n) is 5.01. The molecule has 0 radical (unpaired) electrons. The Morgan fingerprint density at radius 3 is 2.61 bits per heavy atom. The number of ether oxygens (including phenoxy) is 1. The van der Waals surface area contributed by atoms with Gasteiger partial charge >= 0.3 is 6.09 Å². The highest BCUT2D eigenvalue weighted by atomic mass is 16.6. The fraction of sp³-hybridized carbons (Fsp3) is 0.944. The molecule has 5 heteroatoms. The van der Waals surface area contributed by atoms with Crippen molar-refractivity contribution in [1.29, 1.82) is 0 Å². The molecule has 0 aromatic heterocycles. The van der Waals surface area contributed by atoms with Crippen LogP contribution in [0.5, 0.6) is 0 Å². The lowest BCUT2D eigenvalue weighted by atomic mass is 9.80. The monoisotopic (exact) mass is 325 g/mol. The molecule has 2 saturated heterocycles. The first-order valence-corrected chi connectivity index (χ1v) is 9.17. The van der Waals surface area contributed by atoms with Crippen molar-refractivity contribution in [3.8, 4) is 0 Å². The van der Waals surface area contributed by atoms with Crippen LogP contribution in [0.1, 0.15) is 53.4 Å². The summed E-state index contributed by atoms with van der Waals surface area (Å²) in [5.41, 5.74) is -0.117. The van der Waals surface area contributed by atoms with Gasteiger partial charge in [-0.25, -0.2) is 4.79 Å². The maximum atomic E-state index is 12.1. The van der Waals surface area contributed by atoms with Gasteiger partial charge in [-0.1, -0.05) is 6.92 Å². The van der Waals surface area contributed by atoms with E-state index in [1.807, 2.05) is 25.7 Å². The van der Waals surface area contributed by atoms with E-state index in [0.717, 1.165) is 51.5 Å². The summed E-state index contributed by atoms with van der Waals surface area (Å²) in [5.74, 6) is 0.772. The number of amides is 1. The molecule has 2 rings (SSSR count). The van der Waals surface area contributed by atoms with Crippen LogP contribution in [0.25, 0.3) is 0 Å². The molecule has 0 aromatic rings. The van der Waals surface area contributed by atoms with E-state index < -0.39 is 5.60 Å². The van der Waals surface area contributed by atoms with Gasteiger partial charge in [-0.2, -0.15) is 0 Å². The Balaban J connectivity index is 1.68. The van der Waals surface area contributed by atoms with Gasteiger partial charge in [-0.3, -0.25) is 0 Å². The van der Waals surface area contributed by atoms with Gasteiger partial charge in [0.25, 0.3) is 0 Å². The minimum absolute atomic E-state index is 0.166. The van der Waals surface area contributed by atoms with Gasteiger partial charge in [-0.05, 0) is 77.4 Å². The Hall–Kier alpha value is -0.810. The lowest BCUT2D eigenvalue weighted by Gasteiger charge is -2.40. The average molecular weight is 325 g/mol. The first-order chi connectivity index (χ1) is 10.8. The van der Waals surface area contributed by atoms with E-state index in [1.165, 1.54) is 19.4 Å². The van der Waals surface area contributed by atoms with Gasteiger partial charge in [0, 0.05) is 19.6 Å². The summed E-state index contributed by atoms with van der Waals surface area (Å²) in [5, 5.41) is 7.14. The molecule has 0 aromatic carbocycles. The van der Waals surface area contributed by atoms with E-state index in [2.05, 4.69) is 17.6 Å². The summed E-state index contributed by atoms with van der Waals surface area (Å²) in [6.45, 7) is 14.2. The molecule has 0 saturated carbocycles. The third kappa shape index (κ3) is 6.30. The second-order valence-electron chi connectivity index (χ2n) is 8.62. The number of nitrogens with zero attached hydrogens (tertiary/aromatic N) is 1. The molecule has 1 unspecified atom stereocenters. The van der Waals surface area contributed by atoms with Crippen LogP contribution in [0.15, 0.2) is 0 Å². The molecule has 0 aliphatic carbocycles. The van der Waals surface area contributed by atoms with Crippen LogP contribution in [-0.4, -0.2) is 55.9 Å². The van der Waals surface area contributed by atoms with Crippen LogP contribution in [0.4, 0.5) is 4.79 Å². The predicted molar refractivity (Wildman–Crippen MR) is 93.6 cm³/mol. The molecule has 5 nitrogen and oxygen atoms in total. The van der Waals surface area contributed by atoms with E-state index in [0.29, 0.717) is 5.41 Å². The van der Waals surface area contributed by atoms with Crippen molar-refractivity contribution in [2.75, 3.05) is 39.3 Å². The van der Waals surface area contributed by atoms with Gasteiger partial charge in [0.1, 0.15) is 5.60 Å². The van der Waals surface area contributed by atoms with Gasteiger partial charge in [-0.15, -0.1) is 0 Å². The smallest absolute Gasteiger partial charge is 0.410 e. The zero-order chi connectivity index (χ0) is 16.9. The molecule has 2 aliphatic rings. The van der Waals surface area contributed by atoms with E-state index in [4.69, 9.17) is 4.74 Å². The first kappa shape index (κ1) is 18.5. The van der Waals surface area contributed by atoms with Crippen LogP contribution in [0.3, 0.4) is 0 Å². The van der Waals surface area contributed by atoms with Crippen molar-refractivity contribution in [1.82, 2.24) is 15.5 Å². The minimum atomic E-state index is -0.409. The molecule has 2 aliphatic heterocycles. The second-order valence-corrected chi connectivity index (χ2v) is 8.62. The predicted octanol–water partition coefficient (Wildman–Crippen LogP) is 2.61. The summed E-state index contributed by atoms with van der Waals surface area (Å²) in [7, 11) is 0. The van der Waals surface area contributed by atoms with E-state index in [-0.39, 0.29) is 6.09 Å². The van der Waals surface area contributed by atoms with Crippen molar-refractivity contribution in [3.63, 3.8) is 0 Å². The van der Waals surface area contributed by atoms with E-state index in [1.54, 1.807) is 0 Å². The normalized spacial score (nSPS) is 25.2. The summed E-state index contributed by atoms with van der Waals surface area (Å²) < 4.78 is 5.47. The largest absolute Gasteiger partial charge is 0.444 e. The quantitative estimate of drug-likeness (QED) is 0.834. The highest BCUT2D eigenvalue weighted by Crippen LogP contribution is 2.30. The van der Waals surface area contributed by atoms with Crippen molar-refractivity contribution < 1.29 is 9.53 Å². The highest BCUT2D eigenvalue weighted by Gasteiger charge is 2.33. The number of carbonyl (C=O) groups excluding carboxylic acids is 1. The van der Waals surface area contributed by atoms with Gasteiger partial charge in [0.2, 0.25) is 0 Å². The Morgan fingerprint density at radius 2 is 2.04 bits per heavy atom. The molecule has 1 atom stereocenters. The summed E-state index contributed by atoms with van der Waals surface area (Å²) in [6, 6.07) is 0. The van der Waals surface area contributed by atoms with Crippen molar-refractivity contribution in [3.05, 3.63) is 0 Å². The van der Waals surface area contributed by atoms with Crippen molar-refractivity contribution in [2.24, 2.45) is 11.3 Å². The lowest BCUT2D eigenvalue weighted by Crippen LogP contribution is -2.48. The molecule has 0 bridgehead atoms. The van der Waals surface area contributed by atoms with Crippen LogP contribution in [-0.2, 0) is 4.74 Å². The summed E-state index contributed by atoms with van der Waals surface area (Å²) in [6.07, 6.45) is 4.56. The zero-order valence-electron chi connectivity index (χ0n) is 15.4. The molecule has 2 fully saturated rings. The second kappa shape index (κ2) is 7.84. The van der Waals surface area contributed by atoms with Crippen LogP contribution in [0, 0.1) is 11.3 Å². The number of piperidine rings is 2. The SMILES string of the molecule is CC1(CNCC2CCCNC2)CCN(C(=O)OC(C)(C)C)CC1. The molecule has 2 heterocycles. The van der Waals surface area contributed by atoms with E-state index in [9.17, 15) is 4.79 Å². The van der Waals surface area contributed by atoms with Crippen LogP contribution < -0.4 is 10.6 Å². The Bertz CT molecular complexity index is 378. The lowest BCUT2D eigenvalue weighted by molar-refractivity contribution is 0.0119. The zero-order valence-corrected chi connectivity index (χ0v) is 15.4. The highest BCUT2D eigenvalue weighted by molar-refractivity contribution is 5.68. The number of hydrogen-bond acceptors (Lipinski definition) is 4. The molecular weight excluding hydrogens is 290 g/mol. The molecule has 0 spiro atoms. The van der Waals surface area contributed by atoms with Crippen LogP contribution in [0.2, 0.25) is 0 Å². The number of hydrogen-bond donors (Lipinski definition) is 2. The molecule has 134 valence electrons. The Kier molecular flexibility index (Phi) is 6.32. The fourth-order valence-corrected chi connectivity index (χ4v) is 3.41. The third-order valence-corrected chi connectivity index (χ3v) is 5.01. The molecular formula is C18H35N3O2. The first-order valence-electron chi connectivity index (χ1n) is 9.17. The van der Waals surface area contributed by atoms with Crippen molar-refractivity contribution in [2.45, 2.75) is 59.0 Å². The summed E-state index contributed by atoms with van der Waals surface area (Å²) in [4.78, 5) is 14.0. The molecule has 2 N–H and O–H groups in total. The number of rotatable bonds is 4. The van der Waals surface area contributed by atoms with Gasteiger partial charge in [0.15, 0.2) is 0 Å².